The lowest BCUT2D eigenvalue weighted by atomic mass is 10.4. The van der Waals surface area contributed by atoms with Gasteiger partial charge in [-0.1, -0.05) is 4.49 Å². The van der Waals surface area contributed by atoms with Crippen molar-refractivity contribution in [2.24, 2.45) is 0 Å². The van der Waals surface area contributed by atoms with Gasteiger partial charge in [-0.2, -0.15) is 0 Å². The molecule has 0 unspecified atom stereocenters. The Kier molecular flexibility index (Phi) is 1.44. The Morgan fingerprint density at radius 3 is 2.80 bits per heavy atom. The molecule has 2 aromatic rings. The fourth-order valence-corrected chi connectivity index (χ4v) is 1.78. The zero-order valence-electron chi connectivity index (χ0n) is 4.89. The SMILES string of the molecule is c1cc(-c2cnns2)sn1. The Balaban J connectivity index is 2.48. The van der Waals surface area contributed by atoms with Gasteiger partial charge in [-0.3, -0.25) is 0 Å². The molecule has 0 atom stereocenters. The fraction of sp³-hybridized carbons (Fsp3) is 0. The second kappa shape index (κ2) is 2.43. The lowest BCUT2D eigenvalue weighted by Gasteiger charge is -1.79. The predicted molar refractivity (Wildman–Crippen MR) is 41.0 cm³/mol. The van der Waals surface area contributed by atoms with Gasteiger partial charge in [-0.15, -0.1) is 5.10 Å². The molecule has 0 bridgehead atoms. The number of hydrogen-bond donors (Lipinski definition) is 0. The number of rotatable bonds is 1. The van der Waals surface area contributed by atoms with Crippen molar-refractivity contribution in [3.8, 4) is 9.75 Å². The Morgan fingerprint density at radius 2 is 2.20 bits per heavy atom. The summed E-state index contributed by atoms with van der Waals surface area (Å²) in [5, 5.41) is 3.73. The minimum Gasteiger partial charge on any atom is -0.201 e. The Bertz CT molecular complexity index is 254. The van der Waals surface area contributed by atoms with Crippen LogP contribution in [0.25, 0.3) is 9.75 Å². The fourth-order valence-electron chi connectivity index (χ4n) is 0.619. The maximum Gasteiger partial charge on any atom is 0.0869 e. The molecule has 0 aliphatic carbocycles. The van der Waals surface area contributed by atoms with Gasteiger partial charge in [-0.25, -0.2) is 4.37 Å². The minimum atomic E-state index is 1.09. The highest BCUT2D eigenvalue weighted by Crippen LogP contribution is 2.23. The molecule has 0 saturated heterocycles. The zero-order chi connectivity index (χ0) is 6.81. The lowest BCUT2D eigenvalue weighted by molar-refractivity contribution is 1.16. The summed E-state index contributed by atoms with van der Waals surface area (Å²) in [5.41, 5.74) is 0. The molecule has 0 aliphatic rings. The average molecular weight is 169 g/mol. The van der Waals surface area contributed by atoms with Crippen LogP contribution in [0.3, 0.4) is 0 Å². The van der Waals surface area contributed by atoms with Gasteiger partial charge < -0.3 is 0 Å². The van der Waals surface area contributed by atoms with Gasteiger partial charge in [0.1, 0.15) is 0 Å². The summed E-state index contributed by atoms with van der Waals surface area (Å²) >= 11 is 2.85. The van der Waals surface area contributed by atoms with E-state index in [9.17, 15) is 0 Å². The van der Waals surface area contributed by atoms with Crippen molar-refractivity contribution in [1.82, 2.24) is 14.0 Å². The van der Waals surface area contributed by atoms with Crippen LogP contribution in [0.4, 0.5) is 0 Å². The summed E-state index contributed by atoms with van der Waals surface area (Å²) < 4.78 is 7.72. The van der Waals surface area contributed by atoms with E-state index in [0.29, 0.717) is 0 Å². The predicted octanol–water partition coefficient (Wildman–Crippen LogP) is 1.66. The summed E-state index contributed by atoms with van der Waals surface area (Å²) in [5.74, 6) is 0. The van der Waals surface area contributed by atoms with Gasteiger partial charge in [0.25, 0.3) is 0 Å². The molecule has 0 saturated carbocycles. The molecule has 0 fully saturated rings. The van der Waals surface area contributed by atoms with Crippen molar-refractivity contribution in [3.63, 3.8) is 0 Å². The molecule has 0 aromatic carbocycles. The summed E-state index contributed by atoms with van der Waals surface area (Å²) in [6.07, 6.45) is 3.53. The molecule has 2 aromatic heterocycles. The van der Waals surface area contributed by atoms with Crippen LogP contribution in [0.15, 0.2) is 18.5 Å². The molecule has 0 amide bonds. The third-order valence-electron chi connectivity index (χ3n) is 1.04. The first-order valence-corrected chi connectivity index (χ1v) is 4.20. The van der Waals surface area contributed by atoms with Crippen molar-refractivity contribution in [1.29, 1.82) is 0 Å². The van der Waals surface area contributed by atoms with E-state index in [-0.39, 0.29) is 0 Å². The Labute approximate surface area is 65.7 Å². The summed E-state index contributed by atoms with van der Waals surface area (Å²) in [6, 6.07) is 1.96. The molecule has 0 aliphatic heterocycles. The quantitative estimate of drug-likeness (QED) is 0.651. The second-order valence-corrected chi connectivity index (χ2v) is 3.28. The van der Waals surface area contributed by atoms with Gasteiger partial charge in [0.05, 0.1) is 16.0 Å². The Hall–Kier alpha value is -0.810. The molecule has 5 heteroatoms. The first-order valence-electron chi connectivity index (χ1n) is 2.65. The smallest absolute Gasteiger partial charge is 0.0869 e. The zero-order valence-corrected chi connectivity index (χ0v) is 6.52. The van der Waals surface area contributed by atoms with E-state index in [0.717, 1.165) is 9.75 Å². The maximum atomic E-state index is 3.97. The van der Waals surface area contributed by atoms with E-state index in [4.69, 9.17) is 0 Å². The largest absolute Gasteiger partial charge is 0.201 e. The van der Waals surface area contributed by atoms with Gasteiger partial charge in [0.15, 0.2) is 0 Å². The summed E-state index contributed by atoms with van der Waals surface area (Å²) in [6.45, 7) is 0. The maximum absolute atomic E-state index is 3.97. The lowest BCUT2D eigenvalue weighted by Crippen LogP contribution is -1.57. The van der Waals surface area contributed by atoms with Crippen molar-refractivity contribution in [2.45, 2.75) is 0 Å². The van der Waals surface area contributed by atoms with E-state index in [1.807, 2.05) is 6.07 Å². The molecule has 2 heterocycles. The van der Waals surface area contributed by atoms with Crippen molar-refractivity contribution in [3.05, 3.63) is 18.5 Å². The highest BCUT2D eigenvalue weighted by molar-refractivity contribution is 7.16. The number of nitrogens with zero attached hydrogens (tertiary/aromatic N) is 3. The van der Waals surface area contributed by atoms with Crippen LogP contribution in [0.2, 0.25) is 0 Å². The third-order valence-corrected chi connectivity index (χ3v) is 2.65. The Morgan fingerprint density at radius 1 is 1.20 bits per heavy atom. The monoisotopic (exact) mass is 169 g/mol. The molecule has 0 radical (unpaired) electrons. The van der Waals surface area contributed by atoms with Gasteiger partial charge in [0, 0.05) is 6.20 Å². The molecule has 50 valence electrons. The number of aromatic nitrogens is 3. The van der Waals surface area contributed by atoms with Crippen molar-refractivity contribution < 1.29 is 0 Å². The molecule has 2 rings (SSSR count). The van der Waals surface area contributed by atoms with Crippen LogP contribution in [-0.4, -0.2) is 14.0 Å². The first-order chi connectivity index (χ1) is 4.97. The van der Waals surface area contributed by atoms with Crippen LogP contribution in [0, 0.1) is 0 Å². The summed E-state index contributed by atoms with van der Waals surface area (Å²) in [4.78, 5) is 2.22. The second-order valence-electron chi connectivity index (χ2n) is 1.66. The van der Waals surface area contributed by atoms with Crippen molar-refractivity contribution >= 4 is 23.1 Å². The topological polar surface area (TPSA) is 38.7 Å². The normalized spacial score (nSPS) is 10.0. The van der Waals surface area contributed by atoms with E-state index >= 15 is 0 Å². The van der Waals surface area contributed by atoms with Crippen LogP contribution >= 0.6 is 23.1 Å². The van der Waals surface area contributed by atoms with Gasteiger partial charge in [0.2, 0.25) is 0 Å². The molecule has 10 heavy (non-hydrogen) atoms. The molecule has 3 nitrogen and oxygen atoms in total. The first kappa shape index (κ1) is 5.94. The molecule has 0 spiro atoms. The van der Waals surface area contributed by atoms with Crippen LogP contribution < -0.4 is 0 Å². The van der Waals surface area contributed by atoms with E-state index < -0.39 is 0 Å². The average Bonchev–Trinajstić information content (AvgIpc) is 2.59. The van der Waals surface area contributed by atoms with E-state index in [1.54, 1.807) is 12.4 Å². The van der Waals surface area contributed by atoms with Gasteiger partial charge >= 0.3 is 0 Å². The van der Waals surface area contributed by atoms with Gasteiger partial charge in [-0.05, 0) is 29.1 Å². The van der Waals surface area contributed by atoms with Crippen molar-refractivity contribution in [2.75, 3.05) is 0 Å². The minimum absolute atomic E-state index is 1.09. The third kappa shape index (κ3) is 0.932. The molecular formula is C5H3N3S2. The van der Waals surface area contributed by atoms with E-state index in [1.165, 1.54) is 23.1 Å². The highest BCUT2D eigenvalue weighted by atomic mass is 32.1. The molecule has 0 N–H and O–H groups in total. The van der Waals surface area contributed by atoms with E-state index in [2.05, 4.69) is 14.0 Å². The summed E-state index contributed by atoms with van der Waals surface area (Å²) in [7, 11) is 0. The standard InChI is InChI=1S/C5H3N3S2/c1-2-7-9-4(1)5-3-6-8-10-5/h1-3H. The van der Waals surface area contributed by atoms with Crippen LogP contribution in [-0.2, 0) is 0 Å². The highest BCUT2D eigenvalue weighted by Gasteiger charge is 1.99. The number of hydrogen-bond acceptors (Lipinski definition) is 5. The van der Waals surface area contributed by atoms with Crippen LogP contribution in [0.5, 0.6) is 0 Å². The molecular weight excluding hydrogens is 166 g/mol. The van der Waals surface area contributed by atoms with Crippen LogP contribution in [0.1, 0.15) is 0 Å².